The summed E-state index contributed by atoms with van der Waals surface area (Å²) < 4.78 is 4.86. The third-order valence-corrected chi connectivity index (χ3v) is 3.12. The van der Waals surface area contributed by atoms with Crippen LogP contribution in [0.5, 0.6) is 0 Å². The Hall–Kier alpha value is -1.25. The van der Waals surface area contributed by atoms with Gasteiger partial charge in [0.05, 0.1) is 7.11 Å². The highest BCUT2D eigenvalue weighted by Crippen LogP contribution is 2.27. The van der Waals surface area contributed by atoms with Crippen molar-refractivity contribution >= 4 is 6.09 Å². The lowest BCUT2D eigenvalue weighted by Crippen LogP contribution is -2.49. The zero-order valence-corrected chi connectivity index (χ0v) is 10.0. The van der Waals surface area contributed by atoms with Crippen molar-refractivity contribution in [2.75, 3.05) is 7.11 Å². The monoisotopic (exact) mass is 223 g/mol. The molecule has 0 spiro atoms. The van der Waals surface area contributed by atoms with Crippen LogP contribution in [0.1, 0.15) is 32.1 Å². The summed E-state index contributed by atoms with van der Waals surface area (Å²) in [6, 6.07) is 0.479. The number of carbonyl (C=O) groups excluding carboxylic acids is 1. The fourth-order valence-corrected chi connectivity index (χ4v) is 2.42. The second kappa shape index (κ2) is 6.36. The maximum absolute atomic E-state index is 11.8. The lowest BCUT2D eigenvalue weighted by molar-refractivity contribution is 0.0599. The van der Waals surface area contributed by atoms with Crippen LogP contribution in [-0.4, -0.2) is 30.2 Å². The van der Waals surface area contributed by atoms with Gasteiger partial charge in [-0.15, -0.1) is 13.2 Å². The summed E-state index contributed by atoms with van der Waals surface area (Å²) in [6.07, 6.45) is 8.42. The number of hydrogen-bond donors (Lipinski definition) is 0. The van der Waals surface area contributed by atoms with Gasteiger partial charge in [-0.1, -0.05) is 12.2 Å². The normalized spacial score (nSPS) is 24.9. The van der Waals surface area contributed by atoms with Crippen molar-refractivity contribution in [3.05, 3.63) is 25.3 Å². The molecule has 0 aromatic carbocycles. The molecule has 1 rings (SSSR count). The molecule has 90 valence electrons. The van der Waals surface area contributed by atoms with Crippen LogP contribution in [0.15, 0.2) is 25.3 Å². The molecule has 3 heteroatoms. The summed E-state index contributed by atoms with van der Waals surface area (Å²) in [6.45, 7) is 7.49. The summed E-state index contributed by atoms with van der Waals surface area (Å²) in [5, 5.41) is 0. The molecule has 1 amide bonds. The van der Waals surface area contributed by atoms with Gasteiger partial charge in [0.15, 0.2) is 0 Å². The summed E-state index contributed by atoms with van der Waals surface area (Å²) in [5.41, 5.74) is 0. The number of rotatable bonds is 4. The molecule has 0 N–H and O–H groups in total. The molecule has 0 aromatic rings. The lowest BCUT2D eigenvalue weighted by atomic mass is 9.92. The van der Waals surface area contributed by atoms with Crippen LogP contribution in [-0.2, 0) is 4.74 Å². The lowest BCUT2D eigenvalue weighted by Gasteiger charge is -2.40. The van der Waals surface area contributed by atoms with E-state index >= 15 is 0 Å². The summed E-state index contributed by atoms with van der Waals surface area (Å²) >= 11 is 0. The third-order valence-electron chi connectivity index (χ3n) is 3.12. The zero-order chi connectivity index (χ0) is 12.0. The Morgan fingerprint density at radius 1 is 1.31 bits per heavy atom. The maximum atomic E-state index is 11.8. The van der Waals surface area contributed by atoms with E-state index in [1.165, 1.54) is 7.11 Å². The van der Waals surface area contributed by atoms with Crippen LogP contribution in [0, 0.1) is 0 Å². The van der Waals surface area contributed by atoms with Gasteiger partial charge in [0.1, 0.15) is 0 Å². The van der Waals surface area contributed by atoms with E-state index in [2.05, 4.69) is 13.2 Å². The van der Waals surface area contributed by atoms with E-state index < -0.39 is 0 Å². The van der Waals surface area contributed by atoms with E-state index in [0.29, 0.717) is 0 Å². The van der Waals surface area contributed by atoms with E-state index in [1.54, 1.807) is 0 Å². The number of hydrogen-bond acceptors (Lipinski definition) is 2. The Morgan fingerprint density at radius 2 is 1.81 bits per heavy atom. The highest BCUT2D eigenvalue weighted by Gasteiger charge is 2.33. The number of piperidine rings is 1. The second-order valence-corrected chi connectivity index (χ2v) is 4.16. The Morgan fingerprint density at radius 3 is 2.19 bits per heavy atom. The van der Waals surface area contributed by atoms with Crippen molar-refractivity contribution in [1.29, 1.82) is 0 Å². The van der Waals surface area contributed by atoms with E-state index in [-0.39, 0.29) is 18.2 Å². The predicted molar refractivity (Wildman–Crippen MR) is 65.3 cm³/mol. The Bertz CT molecular complexity index is 245. The molecular weight excluding hydrogens is 202 g/mol. The van der Waals surface area contributed by atoms with E-state index in [9.17, 15) is 4.79 Å². The first-order valence-corrected chi connectivity index (χ1v) is 5.82. The van der Waals surface area contributed by atoms with Crippen molar-refractivity contribution in [2.24, 2.45) is 0 Å². The molecule has 1 heterocycles. The minimum Gasteiger partial charge on any atom is -0.453 e. The van der Waals surface area contributed by atoms with Gasteiger partial charge in [-0.2, -0.15) is 0 Å². The van der Waals surface area contributed by atoms with Crippen molar-refractivity contribution in [3.63, 3.8) is 0 Å². The van der Waals surface area contributed by atoms with Gasteiger partial charge in [0, 0.05) is 12.1 Å². The van der Waals surface area contributed by atoms with Crippen molar-refractivity contribution in [3.8, 4) is 0 Å². The van der Waals surface area contributed by atoms with Crippen LogP contribution in [0.25, 0.3) is 0 Å². The highest BCUT2D eigenvalue weighted by atomic mass is 16.5. The second-order valence-electron chi connectivity index (χ2n) is 4.16. The number of ether oxygens (including phenoxy) is 1. The highest BCUT2D eigenvalue weighted by molar-refractivity contribution is 5.68. The first kappa shape index (κ1) is 12.8. The van der Waals surface area contributed by atoms with Crippen molar-refractivity contribution in [2.45, 2.75) is 44.2 Å². The van der Waals surface area contributed by atoms with E-state index in [1.807, 2.05) is 17.1 Å². The molecule has 0 saturated carbocycles. The van der Waals surface area contributed by atoms with Gasteiger partial charge in [-0.3, -0.25) is 0 Å². The SMILES string of the molecule is C=CCC1CCCC(CC=C)N1C(=O)OC. The van der Waals surface area contributed by atoms with E-state index in [0.717, 1.165) is 32.1 Å². The molecule has 0 aromatic heterocycles. The molecule has 2 atom stereocenters. The summed E-state index contributed by atoms with van der Waals surface area (Å²) in [7, 11) is 1.44. The van der Waals surface area contributed by atoms with Gasteiger partial charge >= 0.3 is 6.09 Å². The van der Waals surface area contributed by atoms with Crippen LogP contribution in [0.3, 0.4) is 0 Å². The summed E-state index contributed by atoms with van der Waals surface area (Å²) in [5.74, 6) is 0. The van der Waals surface area contributed by atoms with Crippen molar-refractivity contribution < 1.29 is 9.53 Å². The smallest absolute Gasteiger partial charge is 0.410 e. The molecule has 0 aliphatic carbocycles. The fraction of sp³-hybridized carbons (Fsp3) is 0.615. The fourth-order valence-electron chi connectivity index (χ4n) is 2.42. The van der Waals surface area contributed by atoms with Gasteiger partial charge in [-0.25, -0.2) is 4.79 Å². The first-order valence-electron chi connectivity index (χ1n) is 5.82. The summed E-state index contributed by atoms with van der Waals surface area (Å²) in [4.78, 5) is 13.6. The minimum atomic E-state index is -0.224. The molecule has 1 aliphatic heterocycles. The average Bonchev–Trinajstić information content (AvgIpc) is 2.29. The van der Waals surface area contributed by atoms with Crippen LogP contribution in [0.2, 0.25) is 0 Å². The van der Waals surface area contributed by atoms with Crippen LogP contribution < -0.4 is 0 Å². The predicted octanol–water partition coefficient (Wildman–Crippen LogP) is 3.13. The first-order chi connectivity index (χ1) is 7.74. The van der Waals surface area contributed by atoms with Crippen LogP contribution >= 0.6 is 0 Å². The number of amides is 1. The minimum absolute atomic E-state index is 0.224. The number of carbonyl (C=O) groups is 1. The third kappa shape index (κ3) is 2.87. The molecular formula is C13H21NO2. The number of methoxy groups -OCH3 is 1. The molecule has 1 fully saturated rings. The van der Waals surface area contributed by atoms with Gasteiger partial charge in [0.2, 0.25) is 0 Å². The molecule has 3 nitrogen and oxygen atoms in total. The average molecular weight is 223 g/mol. The van der Waals surface area contributed by atoms with E-state index in [4.69, 9.17) is 4.74 Å². The Balaban J connectivity index is 2.78. The quantitative estimate of drug-likeness (QED) is 0.685. The molecule has 1 aliphatic rings. The molecule has 2 unspecified atom stereocenters. The molecule has 0 bridgehead atoms. The number of nitrogens with zero attached hydrogens (tertiary/aromatic N) is 1. The molecule has 16 heavy (non-hydrogen) atoms. The topological polar surface area (TPSA) is 29.5 Å². The van der Waals surface area contributed by atoms with Gasteiger partial charge in [-0.05, 0) is 32.1 Å². The Kier molecular flexibility index (Phi) is 5.09. The van der Waals surface area contributed by atoms with Crippen molar-refractivity contribution in [1.82, 2.24) is 4.90 Å². The van der Waals surface area contributed by atoms with Gasteiger partial charge < -0.3 is 9.64 Å². The van der Waals surface area contributed by atoms with Crippen LogP contribution in [0.4, 0.5) is 4.79 Å². The van der Waals surface area contributed by atoms with Gasteiger partial charge in [0.25, 0.3) is 0 Å². The maximum Gasteiger partial charge on any atom is 0.410 e. The largest absolute Gasteiger partial charge is 0.453 e. The number of likely N-dealkylation sites (tertiary alicyclic amines) is 1. The molecule has 1 saturated heterocycles. The molecule has 0 radical (unpaired) electrons. The Labute approximate surface area is 97.8 Å². The zero-order valence-electron chi connectivity index (χ0n) is 10.0. The standard InChI is InChI=1S/C13H21NO2/c1-4-7-11-9-6-10-12(8-5-2)14(11)13(15)16-3/h4-5,11-12H,1-2,6-10H2,3H3.